The zero-order valence-corrected chi connectivity index (χ0v) is 12.7. The highest BCUT2D eigenvalue weighted by molar-refractivity contribution is 6.30. The van der Waals surface area contributed by atoms with Gasteiger partial charge in [-0.2, -0.15) is 0 Å². The number of hydrogen-bond acceptors (Lipinski definition) is 3. The van der Waals surface area contributed by atoms with Crippen LogP contribution in [0.25, 0.3) is 33.7 Å². The number of fused-ring (bicyclic) bond motifs is 1. The van der Waals surface area contributed by atoms with Crippen molar-refractivity contribution in [3.8, 4) is 28.3 Å². The Morgan fingerprint density at radius 2 is 1.83 bits per heavy atom. The summed E-state index contributed by atoms with van der Waals surface area (Å²) >= 11 is 6.06. The number of hydrogen-bond donors (Lipinski definition) is 2. The average molecular weight is 322 g/mol. The summed E-state index contributed by atoms with van der Waals surface area (Å²) in [7, 11) is 0. The first-order valence-corrected chi connectivity index (χ1v) is 7.48. The normalized spacial score (nSPS) is 11.0. The SMILES string of the molecule is Oc1ccc(-c2cccc(Cl)c2)cc1-c1nc2ncccc2[nH]1. The number of phenolic OH excluding ortho intramolecular Hbond substituents is 1. The van der Waals surface area contributed by atoms with E-state index in [9.17, 15) is 5.11 Å². The molecule has 0 fully saturated rings. The van der Waals surface area contributed by atoms with Gasteiger partial charge in [0.2, 0.25) is 0 Å². The average Bonchev–Trinajstić information content (AvgIpc) is 2.99. The molecule has 112 valence electrons. The van der Waals surface area contributed by atoms with Crippen LogP contribution in [0.2, 0.25) is 5.02 Å². The van der Waals surface area contributed by atoms with Crippen molar-refractivity contribution in [1.29, 1.82) is 0 Å². The lowest BCUT2D eigenvalue weighted by Crippen LogP contribution is -1.85. The van der Waals surface area contributed by atoms with E-state index in [-0.39, 0.29) is 5.75 Å². The number of aromatic nitrogens is 3. The molecule has 2 heterocycles. The molecule has 0 saturated heterocycles. The molecule has 0 unspecified atom stereocenters. The van der Waals surface area contributed by atoms with E-state index in [0.29, 0.717) is 22.1 Å². The molecule has 0 aliphatic carbocycles. The Kier molecular flexibility index (Phi) is 3.24. The number of imidazole rings is 1. The fraction of sp³-hybridized carbons (Fsp3) is 0. The highest BCUT2D eigenvalue weighted by atomic mass is 35.5. The number of phenols is 1. The van der Waals surface area contributed by atoms with Gasteiger partial charge in [-0.15, -0.1) is 0 Å². The molecule has 0 saturated carbocycles. The Bertz CT molecular complexity index is 977. The zero-order chi connectivity index (χ0) is 15.8. The Labute approximate surface area is 137 Å². The third-order valence-corrected chi connectivity index (χ3v) is 3.90. The monoisotopic (exact) mass is 321 g/mol. The number of aromatic amines is 1. The van der Waals surface area contributed by atoms with Crippen molar-refractivity contribution >= 4 is 22.8 Å². The number of H-pyrrole nitrogens is 1. The molecular weight excluding hydrogens is 310 g/mol. The van der Waals surface area contributed by atoms with Gasteiger partial charge in [0.1, 0.15) is 11.6 Å². The van der Waals surface area contributed by atoms with Crippen molar-refractivity contribution in [3.05, 3.63) is 65.8 Å². The maximum atomic E-state index is 10.2. The summed E-state index contributed by atoms with van der Waals surface area (Å²) in [6.07, 6.45) is 1.69. The van der Waals surface area contributed by atoms with Crippen LogP contribution in [0.3, 0.4) is 0 Å². The molecule has 0 spiro atoms. The first kappa shape index (κ1) is 13.8. The van der Waals surface area contributed by atoms with Crippen LogP contribution in [0.4, 0.5) is 0 Å². The molecule has 0 aliphatic heterocycles. The second-order valence-electron chi connectivity index (χ2n) is 5.20. The highest BCUT2D eigenvalue weighted by Gasteiger charge is 2.12. The minimum atomic E-state index is 0.162. The maximum absolute atomic E-state index is 10.2. The van der Waals surface area contributed by atoms with Crippen LogP contribution in [0.15, 0.2) is 60.8 Å². The van der Waals surface area contributed by atoms with Crippen LogP contribution in [-0.4, -0.2) is 20.1 Å². The van der Waals surface area contributed by atoms with Crippen LogP contribution < -0.4 is 0 Å². The summed E-state index contributed by atoms with van der Waals surface area (Å²) in [6, 6.07) is 16.7. The minimum absolute atomic E-state index is 0.162. The van der Waals surface area contributed by atoms with E-state index in [1.165, 1.54) is 0 Å². The van der Waals surface area contributed by atoms with Gasteiger partial charge < -0.3 is 10.1 Å². The van der Waals surface area contributed by atoms with Gasteiger partial charge in [0.15, 0.2) is 5.65 Å². The van der Waals surface area contributed by atoms with E-state index in [1.54, 1.807) is 12.3 Å². The lowest BCUT2D eigenvalue weighted by Gasteiger charge is -2.06. The lowest BCUT2D eigenvalue weighted by atomic mass is 10.0. The molecule has 2 N–H and O–H groups in total. The second-order valence-corrected chi connectivity index (χ2v) is 5.64. The van der Waals surface area contributed by atoms with E-state index >= 15 is 0 Å². The molecule has 0 radical (unpaired) electrons. The highest BCUT2D eigenvalue weighted by Crippen LogP contribution is 2.33. The molecular formula is C18H12ClN3O. The van der Waals surface area contributed by atoms with Crippen molar-refractivity contribution < 1.29 is 5.11 Å². The molecule has 2 aromatic heterocycles. The third-order valence-electron chi connectivity index (χ3n) is 3.67. The summed E-state index contributed by atoms with van der Waals surface area (Å²) < 4.78 is 0. The molecule has 2 aromatic carbocycles. The van der Waals surface area contributed by atoms with Crippen molar-refractivity contribution in [2.24, 2.45) is 0 Å². The van der Waals surface area contributed by atoms with Gasteiger partial charge in [-0.3, -0.25) is 0 Å². The predicted octanol–water partition coefficient (Wildman–Crippen LogP) is 4.65. The van der Waals surface area contributed by atoms with Crippen LogP contribution in [0.5, 0.6) is 5.75 Å². The summed E-state index contributed by atoms with van der Waals surface area (Å²) in [5.74, 6) is 0.745. The molecule has 5 heteroatoms. The molecule has 4 aromatic rings. The summed E-state index contributed by atoms with van der Waals surface area (Å²) in [5, 5.41) is 10.9. The summed E-state index contributed by atoms with van der Waals surface area (Å²) in [6.45, 7) is 0. The maximum Gasteiger partial charge on any atom is 0.178 e. The van der Waals surface area contributed by atoms with Gasteiger partial charge in [0, 0.05) is 11.2 Å². The van der Waals surface area contributed by atoms with Gasteiger partial charge in [-0.25, -0.2) is 9.97 Å². The standard InChI is InChI=1S/C18H12ClN3O/c19-13-4-1-3-11(9-13)12-6-7-16(23)14(10-12)17-21-15-5-2-8-20-18(15)22-17/h1-10,23H,(H,20,21,22). The molecule has 4 nitrogen and oxygen atoms in total. The van der Waals surface area contributed by atoms with Crippen molar-refractivity contribution in [1.82, 2.24) is 15.0 Å². The van der Waals surface area contributed by atoms with E-state index in [1.807, 2.05) is 48.5 Å². The van der Waals surface area contributed by atoms with Gasteiger partial charge in [-0.05, 0) is 47.5 Å². The number of nitrogens with zero attached hydrogens (tertiary/aromatic N) is 2. The van der Waals surface area contributed by atoms with Crippen molar-refractivity contribution in [2.75, 3.05) is 0 Å². The minimum Gasteiger partial charge on any atom is -0.507 e. The molecule has 0 amide bonds. The number of aromatic hydroxyl groups is 1. The first-order valence-electron chi connectivity index (χ1n) is 7.11. The molecule has 4 rings (SSSR count). The Morgan fingerprint density at radius 3 is 2.65 bits per heavy atom. The Hall–Kier alpha value is -2.85. The largest absolute Gasteiger partial charge is 0.507 e. The predicted molar refractivity (Wildman–Crippen MR) is 91.4 cm³/mol. The second kappa shape index (κ2) is 5.41. The smallest absolute Gasteiger partial charge is 0.178 e. The summed E-state index contributed by atoms with van der Waals surface area (Å²) in [5.41, 5.74) is 4.01. The number of benzene rings is 2. The van der Waals surface area contributed by atoms with E-state index in [4.69, 9.17) is 11.6 Å². The van der Waals surface area contributed by atoms with Crippen molar-refractivity contribution in [3.63, 3.8) is 0 Å². The number of rotatable bonds is 2. The van der Waals surface area contributed by atoms with E-state index in [2.05, 4.69) is 15.0 Å². The Balaban J connectivity index is 1.86. The van der Waals surface area contributed by atoms with Gasteiger partial charge in [0.05, 0.1) is 11.1 Å². The van der Waals surface area contributed by atoms with Crippen LogP contribution >= 0.6 is 11.6 Å². The third kappa shape index (κ3) is 2.53. The zero-order valence-electron chi connectivity index (χ0n) is 12.0. The van der Waals surface area contributed by atoms with E-state index < -0.39 is 0 Å². The Morgan fingerprint density at radius 1 is 0.957 bits per heavy atom. The van der Waals surface area contributed by atoms with Gasteiger partial charge >= 0.3 is 0 Å². The summed E-state index contributed by atoms with van der Waals surface area (Å²) in [4.78, 5) is 11.8. The lowest BCUT2D eigenvalue weighted by molar-refractivity contribution is 0.477. The van der Waals surface area contributed by atoms with Crippen LogP contribution in [0.1, 0.15) is 0 Å². The fourth-order valence-electron chi connectivity index (χ4n) is 2.55. The fourth-order valence-corrected chi connectivity index (χ4v) is 2.74. The molecule has 0 bridgehead atoms. The number of pyridine rings is 1. The van der Waals surface area contributed by atoms with Gasteiger partial charge in [0.25, 0.3) is 0 Å². The van der Waals surface area contributed by atoms with E-state index in [0.717, 1.165) is 16.6 Å². The molecule has 23 heavy (non-hydrogen) atoms. The topological polar surface area (TPSA) is 61.8 Å². The van der Waals surface area contributed by atoms with Crippen molar-refractivity contribution in [2.45, 2.75) is 0 Å². The van der Waals surface area contributed by atoms with Gasteiger partial charge in [-0.1, -0.05) is 29.8 Å². The number of nitrogens with one attached hydrogen (secondary N) is 1. The van der Waals surface area contributed by atoms with Crippen LogP contribution in [0, 0.1) is 0 Å². The van der Waals surface area contributed by atoms with Crippen LogP contribution in [-0.2, 0) is 0 Å². The quantitative estimate of drug-likeness (QED) is 0.565. The number of halogens is 1. The first-order chi connectivity index (χ1) is 11.2. The molecule has 0 atom stereocenters. The molecule has 0 aliphatic rings.